The zero-order chi connectivity index (χ0) is 19.0. The minimum atomic E-state index is -5.19. The summed E-state index contributed by atoms with van der Waals surface area (Å²) in [6.45, 7) is -0.777. The molecule has 2 heterocycles. The first kappa shape index (κ1) is 22.9. The third kappa shape index (κ3) is 5.69. The summed E-state index contributed by atoms with van der Waals surface area (Å²) in [6.07, 6.45) is -5.00. The summed E-state index contributed by atoms with van der Waals surface area (Å²) in [6, 6.07) is 0.982. The van der Waals surface area contributed by atoms with Crippen molar-refractivity contribution in [1.82, 2.24) is 15.7 Å². The van der Waals surface area contributed by atoms with Crippen LogP contribution in [-0.2, 0) is 22.7 Å². The quantitative estimate of drug-likeness (QED) is 0.213. The highest BCUT2D eigenvalue weighted by Crippen LogP contribution is 2.57. The Labute approximate surface area is 146 Å². The van der Waals surface area contributed by atoms with Crippen LogP contribution in [-0.4, -0.2) is 62.0 Å². The molecule has 1 aliphatic heterocycles. The lowest BCUT2D eigenvalue weighted by atomic mass is 10.1. The molecular formula is C9H16BN3O11P2. The maximum atomic E-state index is 11.7. The molecule has 2 rings (SSSR count). The Morgan fingerprint density at radius 1 is 1.27 bits per heavy atom. The molecule has 1 aromatic rings. The zero-order valence-electron chi connectivity index (χ0n) is 12.9. The summed E-state index contributed by atoms with van der Waals surface area (Å²) < 4.78 is 36.5. The lowest BCUT2D eigenvalue weighted by Gasteiger charge is -2.19. The van der Waals surface area contributed by atoms with Crippen molar-refractivity contribution in [1.29, 1.82) is 0 Å². The highest BCUT2D eigenvalue weighted by Gasteiger charge is 2.45. The van der Waals surface area contributed by atoms with Gasteiger partial charge < -0.3 is 35.4 Å². The molecule has 1 aromatic heterocycles. The van der Waals surface area contributed by atoms with Gasteiger partial charge in [0.25, 0.3) is 13.0 Å². The van der Waals surface area contributed by atoms with Gasteiger partial charge in [0, 0.05) is 12.3 Å². The second kappa shape index (κ2) is 8.27. The molecule has 0 aliphatic carbocycles. The number of aliphatic hydroxyl groups excluding tert-OH is 2. The fraction of sp³-hybridized carbons (Fsp3) is 0.556. The number of aliphatic hydroxyl groups is 2. The summed E-state index contributed by atoms with van der Waals surface area (Å²) >= 11 is 0. The topological polar surface area (TPSA) is 233 Å². The highest BCUT2D eigenvalue weighted by atomic mass is 31.3. The van der Waals surface area contributed by atoms with E-state index in [1.54, 1.807) is 0 Å². The molecule has 146 valence electrons. The molecule has 8 N–H and O–H groups in total. The van der Waals surface area contributed by atoms with Gasteiger partial charge >= 0.3 is 13.5 Å². The van der Waals surface area contributed by atoms with E-state index in [9.17, 15) is 28.9 Å². The van der Waals surface area contributed by atoms with E-state index in [1.807, 2.05) is 4.98 Å². The molecule has 0 unspecified atom stereocenters. The molecule has 5 atom stereocenters. The highest BCUT2D eigenvalue weighted by molar-refractivity contribution is 7.83. The van der Waals surface area contributed by atoms with Crippen molar-refractivity contribution in [3.8, 4) is 0 Å². The lowest BCUT2D eigenvalue weighted by Crippen LogP contribution is -2.37. The van der Waals surface area contributed by atoms with Crippen molar-refractivity contribution in [3.63, 3.8) is 0 Å². The number of H-pyrrole nitrogens is 1. The Bertz CT molecular complexity index is 837. The Morgan fingerprint density at radius 3 is 2.42 bits per heavy atom. The number of aromatic nitrogens is 2. The number of nitrogens with one attached hydrogen (secondary N) is 1. The number of hydrogen-bond acceptors (Lipinski definition) is 10. The van der Waals surface area contributed by atoms with Crippen molar-refractivity contribution in [2.24, 2.45) is 0 Å². The van der Waals surface area contributed by atoms with Crippen molar-refractivity contribution in [2.75, 3.05) is 6.61 Å². The van der Waals surface area contributed by atoms with Gasteiger partial charge in [-0.1, -0.05) is 0 Å². The van der Waals surface area contributed by atoms with E-state index >= 15 is 0 Å². The van der Waals surface area contributed by atoms with E-state index in [-0.39, 0.29) is 6.15 Å². The molecule has 0 spiro atoms. The van der Waals surface area contributed by atoms with Crippen LogP contribution < -0.4 is 17.4 Å². The van der Waals surface area contributed by atoms with E-state index in [1.165, 1.54) is 0 Å². The van der Waals surface area contributed by atoms with Crippen molar-refractivity contribution in [3.05, 3.63) is 33.1 Å². The van der Waals surface area contributed by atoms with E-state index in [0.29, 0.717) is 0 Å². The van der Waals surface area contributed by atoms with Crippen molar-refractivity contribution in [2.45, 2.75) is 24.5 Å². The molecule has 26 heavy (non-hydrogen) atoms. The SMILES string of the molecule is N.[B][P@](=O)(OC[C@H]1O[C@@H](n2ccc(=O)[nH]c2=O)[C@H](O)[C@@H]1O)OP(=O)(O)O. The number of ether oxygens (including phenoxy) is 1. The van der Waals surface area contributed by atoms with Crippen LogP contribution in [0.25, 0.3) is 0 Å². The first-order valence-corrected chi connectivity index (χ1v) is 9.67. The molecular weight excluding hydrogens is 399 g/mol. The summed E-state index contributed by atoms with van der Waals surface area (Å²) in [5, 5.41) is 19.8. The minimum Gasteiger partial charge on any atom is -0.387 e. The van der Waals surface area contributed by atoms with Gasteiger partial charge in [0.2, 0.25) is 7.57 Å². The van der Waals surface area contributed by atoms with Crippen LogP contribution in [0.15, 0.2) is 21.9 Å². The molecule has 1 fully saturated rings. The Kier molecular flexibility index (Phi) is 7.29. The number of hydrogen-bond donors (Lipinski definition) is 6. The second-order valence-corrected chi connectivity index (χ2v) is 7.94. The molecule has 2 radical (unpaired) electrons. The van der Waals surface area contributed by atoms with Crippen LogP contribution in [0.5, 0.6) is 0 Å². The molecule has 1 saturated heterocycles. The van der Waals surface area contributed by atoms with Gasteiger partial charge in [-0.25, -0.2) is 13.7 Å². The number of rotatable bonds is 6. The van der Waals surface area contributed by atoms with Gasteiger partial charge in [0.05, 0.1) is 6.61 Å². The average Bonchev–Trinajstić information content (AvgIpc) is 2.71. The standard InChI is InChI=1S/C9H13BN2O11P2.H3N/c10-24(17,23-25(18,19)20)21-3-4-6(14)7(15)8(22-4)12-2-1-5(13)11-9(12)16;/h1-2,4,6-8,14-15H,3H2,(H,11,13,16)(H2,18,19,20);1H3/t4-,6-,7-,8-,24+;/m1./s1. The first-order valence-electron chi connectivity index (χ1n) is 6.53. The van der Waals surface area contributed by atoms with Crippen molar-refractivity contribution >= 4 is 22.9 Å². The zero-order valence-corrected chi connectivity index (χ0v) is 14.7. The molecule has 1 aliphatic rings. The van der Waals surface area contributed by atoms with E-state index < -0.39 is 57.7 Å². The predicted molar refractivity (Wildman–Crippen MR) is 84.7 cm³/mol. The van der Waals surface area contributed by atoms with Crippen LogP contribution >= 0.6 is 15.3 Å². The predicted octanol–water partition coefficient (Wildman–Crippen LogP) is -2.28. The number of nitrogens with zero attached hydrogens (tertiary/aromatic N) is 1. The van der Waals surface area contributed by atoms with Gasteiger partial charge in [0.1, 0.15) is 18.3 Å². The van der Waals surface area contributed by atoms with Gasteiger partial charge in [-0.3, -0.25) is 18.9 Å². The average molecular weight is 415 g/mol. The van der Waals surface area contributed by atoms with Crippen molar-refractivity contribution < 1.29 is 42.7 Å². The fourth-order valence-corrected chi connectivity index (χ4v) is 3.80. The van der Waals surface area contributed by atoms with Crippen LogP contribution in [0.2, 0.25) is 0 Å². The molecule has 0 saturated carbocycles. The monoisotopic (exact) mass is 415 g/mol. The molecule has 0 aromatic carbocycles. The van der Waals surface area contributed by atoms with Gasteiger partial charge in [-0.15, -0.1) is 0 Å². The second-order valence-electron chi connectivity index (χ2n) is 4.97. The minimum absolute atomic E-state index is 0. The van der Waals surface area contributed by atoms with Gasteiger partial charge in [0.15, 0.2) is 6.23 Å². The normalized spacial score (nSPS) is 28.3. The summed E-state index contributed by atoms with van der Waals surface area (Å²) in [5.74, 6) is 0. The molecule has 14 nitrogen and oxygen atoms in total. The van der Waals surface area contributed by atoms with Crippen LogP contribution in [0.3, 0.4) is 0 Å². The van der Waals surface area contributed by atoms with Crippen LogP contribution in [0.1, 0.15) is 6.23 Å². The third-order valence-corrected chi connectivity index (χ3v) is 5.37. The van der Waals surface area contributed by atoms with Crippen LogP contribution in [0, 0.1) is 0 Å². The van der Waals surface area contributed by atoms with E-state index in [2.05, 4.69) is 8.83 Å². The van der Waals surface area contributed by atoms with Gasteiger partial charge in [-0.2, -0.15) is 0 Å². The Balaban J connectivity index is 0.00000338. The summed E-state index contributed by atoms with van der Waals surface area (Å²) in [4.78, 5) is 41.8. The maximum absolute atomic E-state index is 11.7. The van der Waals surface area contributed by atoms with Gasteiger partial charge in [-0.05, 0) is 0 Å². The fourth-order valence-electron chi connectivity index (χ4n) is 2.07. The number of aromatic amines is 1. The maximum Gasteiger partial charge on any atom is 0.476 e. The smallest absolute Gasteiger partial charge is 0.387 e. The summed E-state index contributed by atoms with van der Waals surface area (Å²) in [7, 11) is -4.89. The van der Waals surface area contributed by atoms with E-state index in [0.717, 1.165) is 16.8 Å². The Hall–Kier alpha value is -1.12. The van der Waals surface area contributed by atoms with Crippen LogP contribution in [0.4, 0.5) is 0 Å². The Morgan fingerprint density at radius 2 is 1.88 bits per heavy atom. The number of phosphoric acid groups is 1. The first-order chi connectivity index (χ1) is 11.4. The summed E-state index contributed by atoms with van der Waals surface area (Å²) in [5.41, 5.74) is -1.60. The van der Waals surface area contributed by atoms with E-state index in [4.69, 9.17) is 22.1 Å². The third-order valence-electron chi connectivity index (χ3n) is 3.10. The largest absolute Gasteiger partial charge is 0.476 e. The molecule has 0 amide bonds. The molecule has 0 bridgehead atoms. The lowest BCUT2D eigenvalue weighted by molar-refractivity contribution is -0.0520. The molecule has 17 heteroatoms.